The maximum Gasteiger partial charge on any atom is 0.337 e. The van der Waals surface area contributed by atoms with Crippen LogP contribution in [0, 0.1) is 0 Å². The monoisotopic (exact) mass is 891 g/mol. The van der Waals surface area contributed by atoms with Gasteiger partial charge in [0, 0.05) is 11.8 Å². The van der Waals surface area contributed by atoms with Crippen LogP contribution in [0.1, 0.15) is 10.4 Å². The summed E-state index contributed by atoms with van der Waals surface area (Å²) in [6.07, 6.45) is 0. The number of methoxy groups -OCH3 is 1. The number of rotatable bonds is 12. The molecule has 0 aliphatic rings. The van der Waals surface area contributed by atoms with Crippen molar-refractivity contribution in [1.82, 2.24) is 0 Å². The third-order valence-electron chi connectivity index (χ3n) is 8.36. The van der Waals surface area contributed by atoms with Crippen molar-refractivity contribution < 1.29 is 58.7 Å². The Bertz CT molecular complexity index is 3180. The molecule has 0 spiro atoms. The zero-order chi connectivity index (χ0) is 44.4. The largest absolute Gasteiger partial charge is 0.508 e. The predicted octanol–water partition coefficient (Wildman–Crippen LogP) is 7.93. The summed E-state index contributed by atoms with van der Waals surface area (Å²) >= 11 is 0. The van der Waals surface area contributed by atoms with Crippen molar-refractivity contribution in [2.45, 2.75) is 14.7 Å². The lowest BCUT2D eigenvalue weighted by molar-refractivity contribution is 0.0600. The molecule has 0 radical (unpaired) electrons. The summed E-state index contributed by atoms with van der Waals surface area (Å²) in [6.45, 7) is 0. The van der Waals surface area contributed by atoms with E-state index in [1.165, 1.54) is 86.0 Å². The molecular formula is C36H29N9O13S3. The minimum absolute atomic E-state index is 0.0396. The lowest BCUT2D eigenvalue weighted by Crippen LogP contribution is -2.04. The number of anilines is 4. The van der Waals surface area contributed by atoms with Gasteiger partial charge in [0.1, 0.15) is 37.5 Å². The molecule has 314 valence electrons. The van der Waals surface area contributed by atoms with Gasteiger partial charge in [-0.05, 0) is 96.4 Å². The van der Waals surface area contributed by atoms with Crippen LogP contribution in [-0.2, 0) is 35.1 Å². The molecule has 0 amide bonds. The van der Waals surface area contributed by atoms with Gasteiger partial charge in [0.15, 0.2) is 5.75 Å². The van der Waals surface area contributed by atoms with E-state index in [-0.39, 0.29) is 34.1 Å². The van der Waals surface area contributed by atoms with Gasteiger partial charge in [0.25, 0.3) is 30.4 Å². The van der Waals surface area contributed by atoms with Gasteiger partial charge in [-0.3, -0.25) is 13.7 Å². The fourth-order valence-corrected chi connectivity index (χ4v) is 7.50. The van der Waals surface area contributed by atoms with Crippen molar-refractivity contribution in [3.05, 3.63) is 103 Å². The van der Waals surface area contributed by atoms with Crippen LogP contribution >= 0.6 is 0 Å². The number of aromatic hydroxyl groups is 2. The molecule has 25 heteroatoms. The van der Waals surface area contributed by atoms with E-state index in [0.29, 0.717) is 29.2 Å². The molecule has 0 aromatic heterocycles. The second kappa shape index (κ2) is 16.7. The van der Waals surface area contributed by atoms with Crippen LogP contribution in [0.15, 0.2) is 142 Å². The van der Waals surface area contributed by atoms with E-state index in [1.54, 1.807) is 0 Å². The van der Waals surface area contributed by atoms with Crippen LogP contribution in [0.25, 0.3) is 10.8 Å². The Morgan fingerprint density at radius 2 is 1.13 bits per heavy atom. The Morgan fingerprint density at radius 3 is 1.70 bits per heavy atom. The smallest absolute Gasteiger partial charge is 0.337 e. The molecule has 0 aliphatic heterocycles. The normalized spacial score (nSPS) is 12.5. The molecule has 0 aliphatic carbocycles. The zero-order valence-electron chi connectivity index (χ0n) is 30.8. The van der Waals surface area contributed by atoms with E-state index in [2.05, 4.69) is 40.7 Å². The first-order valence-corrected chi connectivity index (χ1v) is 21.0. The second-order valence-electron chi connectivity index (χ2n) is 12.5. The van der Waals surface area contributed by atoms with Crippen LogP contribution in [0.3, 0.4) is 0 Å². The number of esters is 1. The molecule has 6 rings (SSSR count). The molecule has 0 bridgehead atoms. The Morgan fingerprint density at radius 1 is 0.607 bits per heavy atom. The van der Waals surface area contributed by atoms with Gasteiger partial charge in [-0.1, -0.05) is 0 Å². The number of nitrogens with two attached hydrogens (primary N) is 2. The van der Waals surface area contributed by atoms with Crippen molar-refractivity contribution in [2.75, 3.05) is 23.9 Å². The molecule has 6 aromatic carbocycles. The summed E-state index contributed by atoms with van der Waals surface area (Å²) in [4.78, 5) is 8.96. The summed E-state index contributed by atoms with van der Waals surface area (Å²) in [5.41, 5.74) is 10.6. The first-order valence-electron chi connectivity index (χ1n) is 16.7. The Balaban J connectivity index is 1.37. The fourth-order valence-electron chi connectivity index (χ4n) is 5.50. The first kappa shape index (κ1) is 43.2. The minimum Gasteiger partial charge on any atom is -0.508 e. The van der Waals surface area contributed by atoms with Gasteiger partial charge < -0.3 is 31.7 Å². The molecule has 22 nitrogen and oxygen atoms in total. The molecule has 0 heterocycles. The Kier molecular flexibility index (Phi) is 11.8. The fraction of sp³-hybridized carbons (Fsp3) is 0.0278. The van der Waals surface area contributed by atoms with Gasteiger partial charge in [0.2, 0.25) is 0 Å². The number of carbonyl (C=O) groups is 1. The third-order valence-corrected chi connectivity index (χ3v) is 11.0. The van der Waals surface area contributed by atoms with E-state index in [1.807, 2.05) is 0 Å². The number of nitrogens with zero attached hydrogens (tertiary/aromatic N) is 6. The van der Waals surface area contributed by atoms with Crippen molar-refractivity contribution in [2.24, 2.45) is 30.7 Å². The van der Waals surface area contributed by atoms with Crippen molar-refractivity contribution >= 4 is 104 Å². The topological polar surface area (TPSA) is 368 Å². The van der Waals surface area contributed by atoms with Crippen LogP contribution < -0.4 is 16.8 Å². The van der Waals surface area contributed by atoms with E-state index in [9.17, 15) is 53.9 Å². The number of nitrogen functional groups attached to an aromatic ring is 2. The summed E-state index contributed by atoms with van der Waals surface area (Å²) in [6, 6.07) is 20.1. The third kappa shape index (κ3) is 9.73. The van der Waals surface area contributed by atoms with Crippen LogP contribution in [-0.4, -0.2) is 62.2 Å². The molecule has 6 aromatic rings. The number of phenols is 2. The summed E-state index contributed by atoms with van der Waals surface area (Å²) in [5.74, 6) is -1.75. The van der Waals surface area contributed by atoms with Gasteiger partial charge in [0.05, 0.1) is 52.2 Å². The first-order chi connectivity index (χ1) is 28.6. The van der Waals surface area contributed by atoms with Gasteiger partial charge in [-0.15, -0.1) is 15.3 Å². The lowest BCUT2D eigenvalue weighted by Gasteiger charge is -2.14. The number of fused-ring (bicyclic) bond motifs is 1. The number of azo groups is 3. The molecule has 61 heavy (non-hydrogen) atoms. The lowest BCUT2D eigenvalue weighted by atomic mass is 10.1. The number of carbonyl (C=O) groups excluding carboxylic acids is 1. The van der Waals surface area contributed by atoms with Crippen molar-refractivity contribution in [3.63, 3.8) is 0 Å². The molecule has 0 saturated heterocycles. The highest BCUT2D eigenvalue weighted by Crippen LogP contribution is 2.48. The highest BCUT2D eigenvalue weighted by atomic mass is 32.2. The molecule has 0 fully saturated rings. The highest BCUT2D eigenvalue weighted by molar-refractivity contribution is 7.86. The number of benzene rings is 6. The minimum atomic E-state index is -5.25. The van der Waals surface area contributed by atoms with Crippen LogP contribution in [0.4, 0.5) is 56.9 Å². The maximum atomic E-state index is 12.6. The molecule has 0 unspecified atom stereocenters. The SMILES string of the molecule is COC(=O)c1ccc(N=Nc2c(S(=O)(=O)O)cc3cc(S(=O)(=O)O)c(N=Nc4ccc(Nc5ccc(N=Nc6ccc(O)cc6N)cc5)c(S(=O)(=O)O)c4)c(N)c3c2O)cc1. The molecular weight excluding hydrogens is 863 g/mol. The van der Waals surface area contributed by atoms with Gasteiger partial charge in [-0.2, -0.15) is 40.6 Å². The van der Waals surface area contributed by atoms with Crippen molar-refractivity contribution in [1.29, 1.82) is 0 Å². The number of phenolic OH excluding ortho intramolecular Hbond substituents is 2. The summed E-state index contributed by atoms with van der Waals surface area (Å²) in [7, 11) is -14.3. The van der Waals surface area contributed by atoms with Gasteiger partial charge in [-0.25, -0.2) is 4.79 Å². The van der Waals surface area contributed by atoms with Gasteiger partial charge >= 0.3 is 5.97 Å². The second-order valence-corrected chi connectivity index (χ2v) is 16.6. The Hall–Kier alpha value is -7.42. The quantitative estimate of drug-likeness (QED) is 0.0250. The zero-order valence-corrected chi connectivity index (χ0v) is 33.3. The number of ether oxygens (including phenoxy) is 1. The molecule has 0 atom stereocenters. The van der Waals surface area contributed by atoms with Crippen LogP contribution in [0.5, 0.6) is 11.5 Å². The average Bonchev–Trinajstić information content (AvgIpc) is 3.19. The number of hydrogen-bond donors (Lipinski definition) is 8. The van der Waals surface area contributed by atoms with Crippen molar-refractivity contribution in [3.8, 4) is 11.5 Å². The number of nitrogens with one attached hydrogen (secondary N) is 1. The average molecular weight is 892 g/mol. The summed E-state index contributed by atoms with van der Waals surface area (Å²) in [5, 5.41) is 46.1. The molecule has 10 N–H and O–H groups in total. The number of hydrogen-bond acceptors (Lipinski definition) is 19. The van der Waals surface area contributed by atoms with Crippen LogP contribution in [0.2, 0.25) is 0 Å². The summed E-state index contributed by atoms with van der Waals surface area (Å²) < 4.78 is 110. The van der Waals surface area contributed by atoms with E-state index < -0.39 is 84.6 Å². The highest BCUT2D eigenvalue weighted by Gasteiger charge is 2.28. The maximum absolute atomic E-state index is 12.6. The standard InChI is InChI=1S/C36H29N9O13S3/c1-58-36(48)18-2-4-21(5-3-18)41-45-34-30(61(55,56)57)15-19-14-29(60(52,53)54)33(32(38)31(19)35(34)47)44-42-23-10-12-27(28(16-23)59(49,50)51)39-20-6-8-22(9-7-20)40-43-26-13-11-24(46)17-25(26)37/h2-17,39,46-47H,37-38H2,1H3,(H,49,50,51)(H,52,53,54)(H,55,56,57). The predicted molar refractivity (Wildman–Crippen MR) is 218 cm³/mol. The molecule has 0 saturated carbocycles. The van der Waals surface area contributed by atoms with E-state index in [4.69, 9.17) is 11.5 Å². The van der Waals surface area contributed by atoms with E-state index >= 15 is 0 Å². The van der Waals surface area contributed by atoms with E-state index in [0.717, 1.165) is 6.07 Å². The Labute approximate surface area is 344 Å².